The summed E-state index contributed by atoms with van der Waals surface area (Å²) >= 11 is 13.6. The molecule has 1 aromatic carbocycles. The molecule has 1 aliphatic heterocycles. The van der Waals surface area contributed by atoms with Gasteiger partial charge in [0.05, 0.1) is 33.2 Å². The van der Waals surface area contributed by atoms with Crippen molar-refractivity contribution in [1.29, 1.82) is 0 Å². The molecule has 1 aromatic rings. The highest BCUT2D eigenvalue weighted by molar-refractivity contribution is 7.58. The molecule has 108 valence electrons. The van der Waals surface area contributed by atoms with E-state index in [4.69, 9.17) is 27.9 Å². The molecule has 20 heavy (non-hydrogen) atoms. The molecule has 0 radical (unpaired) electrons. The Kier molecular flexibility index (Phi) is 4.31. The maximum Gasteiger partial charge on any atom is 0.130 e. The van der Waals surface area contributed by atoms with E-state index in [1.165, 1.54) is 0 Å². The Morgan fingerprint density at radius 3 is 2.55 bits per heavy atom. The van der Waals surface area contributed by atoms with Crippen molar-refractivity contribution in [1.82, 2.24) is 0 Å². The number of nitrogens with zero attached hydrogens (tertiary/aromatic N) is 2. The lowest BCUT2D eigenvalue weighted by Crippen LogP contribution is -2.29. The number of hydrogen-bond donors (Lipinski definition) is 1. The van der Waals surface area contributed by atoms with Gasteiger partial charge in [-0.3, -0.25) is 0 Å². The van der Waals surface area contributed by atoms with Gasteiger partial charge in [-0.05, 0) is 31.7 Å². The molecule has 4 nitrogen and oxygen atoms in total. The second kappa shape index (κ2) is 6.02. The second-order valence-corrected chi connectivity index (χ2v) is 6.37. The van der Waals surface area contributed by atoms with Crippen molar-refractivity contribution in [2.75, 3.05) is 12.4 Å². The predicted octanol–water partition coefficient (Wildman–Crippen LogP) is 5.09. The first-order chi connectivity index (χ1) is 9.69. The lowest BCUT2D eigenvalue weighted by molar-refractivity contribution is 0.0682. The van der Waals surface area contributed by atoms with Gasteiger partial charge in [0.15, 0.2) is 0 Å². The van der Waals surface area contributed by atoms with Crippen LogP contribution in [0.5, 0.6) is 0 Å². The molecule has 0 spiro atoms. The van der Waals surface area contributed by atoms with Crippen molar-refractivity contribution in [2.24, 2.45) is 8.73 Å². The fourth-order valence-corrected chi connectivity index (χ4v) is 3.83. The number of rotatable bonds is 3. The summed E-state index contributed by atoms with van der Waals surface area (Å²) in [5.74, 6) is 0. The average molecular weight is 332 g/mol. The Labute approximate surface area is 131 Å². The number of ether oxygens (including phenoxy) is 1. The molecule has 0 saturated heterocycles. The molecule has 2 aliphatic rings. The molecule has 7 heteroatoms. The normalized spacial score (nSPS) is 24.4. The van der Waals surface area contributed by atoms with Crippen molar-refractivity contribution >= 4 is 51.6 Å². The van der Waals surface area contributed by atoms with Gasteiger partial charge in [-0.15, -0.1) is 0 Å². The van der Waals surface area contributed by atoms with E-state index in [-0.39, 0.29) is 0 Å². The van der Waals surface area contributed by atoms with Crippen LogP contribution in [-0.2, 0) is 16.1 Å². The summed E-state index contributed by atoms with van der Waals surface area (Å²) in [5.41, 5.74) is 2.33. The van der Waals surface area contributed by atoms with Gasteiger partial charge in [0.2, 0.25) is 0 Å². The molecule has 0 atom stereocenters. The Hall–Kier alpha value is -0.620. The van der Waals surface area contributed by atoms with Crippen LogP contribution in [0.1, 0.15) is 25.7 Å². The molecule has 1 N–H and O–H groups in total. The van der Waals surface area contributed by atoms with Crippen LogP contribution in [0.3, 0.4) is 0 Å². The highest BCUT2D eigenvalue weighted by atomic mass is 35.5. The molecular weight excluding hydrogens is 317 g/mol. The monoisotopic (exact) mass is 331 g/mol. The Balaban J connectivity index is 1.79. The molecule has 3 rings (SSSR count). The van der Waals surface area contributed by atoms with Crippen molar-refractivity contribution < 1.29 is 4.74 Å². The van der Waals surface area contributed by atoms with Crippen LogP contribution in [0.25, 0.3) is 0 Å². The largest absolute Gasteiger partial charge is 0.381 e. The number of halogens is 2. The summed E-state index contributed by atoms with van der Waals surface area (Å²) in [6.45, 7) is 0. The average Bonchev–Trinajstić information content (AvgIpc) is 2.94. The first-order valence-corrected chi connectivity index (χ1v) is 8.07. The Morgan fingerprint density at radius 1 is 1.15 bits per heavy atom. The smallest absolute Gasteiger partial charge is 0.130 e. The van der Waals surface area contributed by atoms with Crippen LogP contribution in [0.2, 0.25) is 10.0 Å². The van der Waals surface area contributed by atoms with Gasteiger partial charge in [0.1, 0.15) is 11.4 Å². The van der Waals surface area contributed by atoms with Crippen LogP contribution in [0.4, 0.5) is 17.1 Å². The third-order valence-corrected chi connectivity index (χ3v) is 4.91. The van der Waals surface area contributed by atoms with Crippen LogP contribution in [0, 0.1) is 0 Å². The van der Waals surface area contributed by atoms with Crippen LogP contribution >= 0.6 is 23.2 Å². The first-order valence-electron chi connectivity index (χ1n) is 6.58. The van der Waals surface area contributed by atoms with E-state index in [9.17, 15) is 0 Å². The molecule has 1 heterocycles. The molecule has 1 saturated carbocycles. The number of methoxy groups -OCH3 is 1. The van der Waals surface area contributed by atoms with Gasteiger partial charge in [-0.25, -0.2) is 0 Å². The maximum absolute atomic E-state index is 6.31. The SMILES string of the molecule is COC1CCC(Nc2c(Cl)cc(Cl)c3c2N=S=N3)CC1. The number of anilines is 1. The van der Waals surface area contributed by atoms with Gasteiger partial charge in [0, 0.05) is 13.2 Å². The van der Waals surface area contributed by atoms with Gasteiger partial charge >= 0.3 is 0 Å². The lowest BCUT2D eigenvalue weighted by atomic mass is 9.92. The summed E-state index contributed by atoms with van der Waals surface area (Å²) < 4.78 is 13.9. The van der Waals surface area contributed by atoms with Crippen LogP contribution in [-0.4, -0.2) is 19.3 Å². The van der Waals surface area contributed by atoms with Gasteiger partial charge in [0.25, 0.3) is 0 Å². The summed E-state index contributed by atoms with van der Waals surface area (Å²) in [6.07, 6.45) is 4.65. The standard InChI is InChI=1S/C13H15Cl2N3OS/c1-19-8-4-2-7(3-5-8)16-11-9(14)6-10(15)12-13(11)18-20-17-12/h6-8,16H,2-5H2,1H3. The van der Waals surface area contributed by atoms with Crippen LogP contribution in [0.15, 0.2) is 14.8 Å². The summed E-state index contributed by atoms with van der Waals surface area (Å²) in [5, 5.41) is 4.66. The maximum atomic E-state index is 6.31. The molecule has 0 amide bonds. The zero-order valence-corrected chi connectivity index (χ0v) is 13.4. The van der Waals surface area contributed by atoms with Crippen molar-refractivity contribution in [2.45, 2.75) is 37.8 Å². The van der Waals surface area contributed by atoms with Crippen molar-refractivity contribution in [3.05, 3.63) is 16.1 Å². The minimum Gasteiger partial charge on any atom is -0.381 e. The topological polar surface area (TPSA) is 46.0 Å². The second-order valence-electron chi connectivity index (χ2n) is 5.03. The third-order valence-electron chi connectivity index (χ3n) is 3.80. The fraction of sp³-hybridized carbons (Fsp3) is 0.538. The number of fused-ring (bicyclic) bond motifs is 1. The third kappa shape index (κ3) is 2.72. The molecule has 1 fully saturated rings. The fourth-order valence-electron chi connectivity index (χ4n) is 2.66. The molecule has 0 unspecified atom stereocenters. The first kappa shape index (κ1) is 14.3. The van der Waals surface area contributed by atoms with E-state index >= 15 is 0 Å². The van der Waals surface area contributed by atoms with Gasteiger partial charge in [-0.1, -0.05) is 23.2 Å². The van der Waals surface area contributed by atoms with E-state index in [2.05, 4.69) is 14.0 Å². The predicted molar refractivity (Wildman–Crippen MR) is 84.7 cm³/mol. The van der Waals surface area contributed by atoms with Gasteiger partial charge < -0.3 is 10.1 Å². The summed E-state index contributed by atoms with van der Waals surface area (Å²) in [4.78, 5) is 0. The quantitative estimate of drug-likeness (QED) is 0.851. The zero-order valence-electron chi connectivity index (χ0n) is 11.0. The highest BCUT2D eigenvalue weighted by Gasteiger charge is 2.24. The minimum absolute atomic E-state index is 0.384. The van der Waals surface area contributed by atoms with E-state index in [1.54, 1.807) is 13.2 Å². The van der Waals surface area contributed by atoms with E-state index in [0.29, 0.717) is 27.9 Å². The van der Waals surface area contributed by atoms with E-state index < -0.39 is 0 Å². The Morgan fingerprint density at radius 2 is 1.85 bits per heavy atom. The minimum atomic E-state index is 0.384. The van der Waals surface area contributed by atoms with E-state index in [0.717, 1.165) is 48.4 Å². The van der Waals surface area contributed by atoms with E-state index in [1.807, 2.05) is 0 Å². The number of benzene rings is 1. The molecule has 0 aromatic heterocycles. The van der Waals surface area contributed by atoms with Crippen molar-refractivity contribution in [3.63, 3.8) is 0 Å². The number of hydrogen-bond acceptors (Lipinski definition) is 4. The number of nitrogens with one attached hydrogen (secondary N) is 1. The van der Waals surface area contributed by atoms with Crippen LogP contribution < -0.4 is 5.32 Å². The molecule has 0 bridgehead atoms. The lowest BCUT2D eigenvalue weighted by Gasteiger charge is -2.29. The zero-order chi connectivity index (χ0) is 14.1. The van der Waals surface area contributed by atoms with Gasteiger partial charge in [-0.2, -0.15) is 8.73 Å². The summed E-state index contributed by atoms with van der Waals surface area (Å²) in [6, 6.07) is 2.13. The summed E-state index contributed by atoms with van der Waals surface area (Å²) in [7, 11) is 1.78. The Bertz CT molecular complexity index is 594. The molecule has 1 aliphatic carbocycles. The highest BCUT2D eigenvalue weighted by Crippen LogP contribution is 2.48. The molecular formula is C13H15Cl2N3OS. The van der Waals surface area contributed by atoms with Crippen molar-refractivity contribution in [3.8, 4) is 0 Å².